The van der Waals surface area contributed by atoms with Crippen molar-refractivity contribution >= 4 is 5.91 Å². The predicted octanol–water partition coefficient (Wildman–Crippen LogP) is 0.655. The number of rotatable bonds is 8. The first kappa shape index (κ1) is 12.5. The van der Waals surface area contributed by atoms with E-state index < -0.39 is 0 Å². The average molecular weight is 214 g/mol. The van der Waals surface area contributed by atoms with E-state index in [-0.39, 0.29) is 18.0 Å². The maximum absolute atomic E-state index is 11.1. The Balaban J connectivity index is 2.09. The van der Waals surface area contributed by atoms with Gasteiger partial charge in [-0.05, 0) is 12.3 Å². The third-order valence-corrected chi connectivity index (χ3v) is 2.53. The molecule has 0 heterocycles. The zero-order valence-electron chi connectivity index (χ0n) is 9.66. The van der Waals surface area contributed by atoms with E-state index in [2.05, 4.69) is 5.32 Å². The molecule has 1 rings (SSSR count). The van der Waals surface area contributed by atoms with Crippen molar-refractivity contribution in [1.29, 1.82) is 0 Å². The maximum atomic E-state index is 11.1. The highest BCUT2D eigenvalue weighted by molar-refractivity contribution is 5.80. The number of nitrogens with one attached hydrogen (secondary N) is 1. The number of hydrogen-bond donors (Lipinski definition) is 2. The molecule has 0 radical (unpaired) electrons. The minimum atomic E-state index is -0.357. The molecule has 4 nitrogen and oxygen atoms in total. The maximum Gasteiger partial charge on any atom is 0.236 e. The lowest BCUT2D eigenvalue weighted by molar-refractivity contribution is -0.121. The van der Waals surface area contributed by atoms with Crippen LogP contribution in [0.25, 0.3) is 0 Å². The van der Waals surface area contributed by atoms with Crippen LogP contribution in [0.15, 0.2) is 0 Å². The topological polar surface area (TPSA) is 64.3 Å². The molecule has 1 amide bonds. The van der Waals surface area contributed by atoms with Crippen molar-refractivity contribution in [2.45, 2.75) is 45.2 Å². The van der Waals surface area contributed by atoms with Gasteiger partial charge in [0, 0.05) is 12.6 Å². The molecule has 4 heteroatoms. The lowest BCUT2D eigenvalue weighted by Gasteiger charge is -2.18. The van der Waals surface area contributed by atoms with E-state index in [0.29, 0.717) is 6.61 Å². The van der Waals surface area contributed by atoms with Gasteiger partial charge in [0.25, 0.3) is 0 Å². The normalized spacial score (nSPS) is 18.1. The Kier molecular flexibility index (Phi) is 5.05. The van der Waals surface area contributed by atoms with Gasteiger partial charge in [-0.15, -0.1) is 0 Å². The molecule has 0 saturated heterocycles. The summed E-state index contributed by atoms with van der Waals surface area (Å²) in [6.07, 6.45) is 3.80. The minimum absolute atomic E-state index is 0.245. The SMILES string of the molecule is CC(C)NC(COCCC1CC1)C(N)=O. The molecule has 88 valence electrons. The highest BCUT2D eigenvalue weighted by Gasteiger charge is 2.21. The summed E-state index contributed by atoms with van der Waals surface area (Å²) in [5.41, 5.74) is 5.26. The molecule has 3 N–H and O–H groups in total. The number of carbonyl (C=O) groups excluding carboxylic acids is 1. The minimum Gasteiger partial charge on any atom is -0.379 e. The van der Waals surface area contributed by atoms with E-state index in [0.717, 1.165) is 18.9 Å². The van der Waals surface area contributed by atoms with Gasteiger partial charge in [-0.3, -0.25) is 4.79 Å². The molecule has 0 spiro atoms. The summed E-state index contributed by atoms with van der Waals surface area (Å²) < 4.78 is 5.45. The fraction of sp³-hybridized carbons (Fsp3) is 0.909. The third kappa shape index (κ3) is 5.74. The molecular formula is C11H22N2O2. The summed E-state index contributed by atoms with van der Waals surface area (Å²) in [6.45, 7) is 5.11. The second-order valence-electron chi connectivity index (χ2n) is 4.58. The lowest BCUT2D eigenvalue weighted by atomic mass is 10.2. The van der Waals surface area contributed by atoms with Crippen molar-refractivity contribution < 1.29 is 9.53 Å². The van der Waals surface area contributed by atoms with Crippen LogP contribution in [0.5, 0.6) is 0 Å². The number of ether oxygens (including phenoxy) is 1. The summed E-state index contributed by atoms with van der Waals surface area (Å²) in [4.78, 5) is 11.1. The summed E-state index contributed by atoms with van der Waals surface area (Å²) >= 11 is 0. The van der Waals surface area contributed by atoms with Crippen LogP contribution in [0.1, 0.15) is 33.1 Å². The van der Waals surface area contributed by atoms with E-state index >= 15 is 0 Å². The lowest BCUT2D eigenvalue weighted by Crippen LogP contribution is -2.47. The van der Waals surface area contributed by atoms with Crippen LogP contribution < -0.4 is 11.1 Å². The molecule has 1 atom stereocenters. The highest BCUT2D eigenvalue weighted by Crippen LogP contribution is 2.32. The first-order valence-corrected chi connectivity index (χ1v) is 5.72. The monoisotopic (exact) mass is 214 g/mol. The Morgan fingerprint density at radius 2 is 2.20 bits per heavy atom. The van der Waals surface area contributed by atoms with Crippen molar-refractivity contribution in [2.75, 3.05) is 13.2 Å². The first-order chi connectivity index (χ1) is 7.09. The van der Waals surface area contributed by atoms with Gasteiger partial charge in [0.2, 0.25) is 5.91 Å². The van der Waals surface area contributed by atoms with Gasteiger partial charge < -0.3 is 15.8 Å². The summed E-state index contributed by atoms with van der Waals surface area (Å²) in [7, 11) is 0. The smallest absolute Gasteiger partial charge is 0.236 e. The molecule has 1 fully saturated rings. The number of amides is 1. The van der Waals surface area contributed by atoms with Crippen molar-refractivity contribution in [1.82, 2.24) is 5.32 Å². The van der Waals surface area contributed by atoms with Crippen LogP contribution in [0, 0.1) is 5.92 Å². The fourth-order valence-corrected chi connectivity index (χ4v) is 1.47. The molecule has 0 aromatic carbocycles. The van der Waals surface area contributed by atoms with Crippen molar-refractivity contribution in [3.05, 3.63) is 0 Å². The molecule has 1 aliphatic rings. The Morgan fingerprint density at radius 1 is 1.53 bits per heavy atom. The van der Waals surface area contributed by atoms with Gasteiger partial charge in [0.05, 0.1) is 6.61 Å². The quantitative estimate of drug-likeness (QED) is 0.583. The third-order valence-electron chi connectivity index (χ3n) is 2.53. The molecule has 1 saturated carbocycles. The Morgan fingerprint density at radius 3 is 2.67 bits per heavy atom. The average Bonchev–Trinajstić information content (AvgIpc) is 2.93. The summed E-state index contributed by atoms with van der Waals surface area (Å²) in [6, 6.07) is -0.112. The number of hydrogen-bond acceptors (Lipinski definition) is 3. The molecule has 15 heavy (non-hydrogen) atoms. The van der Waals surface area contributed by atoms with Crippen molar-refractivity contribution in [2.24, 2.45) is 11.7 Å². The van der Waals surface area contributed by atoms with Crippen LogP contribution in [-0.2, 0) is 9.53 Å². The Bertz CT molecular complexity index is 203. The predicted molar refractivity (Wildman–Crippen MR) is 59.4 cm³/mol. The van der Waals surface area contributed by atoms with Crippen LogP contribution in [-0.4, -0.2) is 31.2 Å². The second-order valence-corrected chi connectivity index (χ2v) is 4.58. The van der Waals surface area contributed by atoms with Gasteiger partial charge >= 0.3 is 0 Å². The number of carbonyl (C=O) groups is 1. The van der Waals surface area contributed by atoms with Crippen LogP contribution in [0.3, 0.4) is 0 Å². The van der Waals surface area contributed by atoms with Gasteiger partial charge in [0.15, 0.2) is 0 Å². The molecule has 1 aliphatic carbocycles. The molecule has 0 aromatic rings. The van der Waals surface area contributed by atoms with E-state index in [4.69, 9.17) is 10.5 Å². The van der Waals surface area contributed by atoms with Gasteiger partial charge in [-0.25, -0.2) is 0 Å². The van der Waals surface area contributed by atoms with Crippen molar-refractivity contribution in [3.8, 4) is 0 Å². The number of primary amides is 1. The Hall–Kier alpha value is -0.610. The van der Waals surface area contributed by atoms with Gasteiger partial charge in [-0.2, -0.15) is 0 Å². The van der Waals surface area contributed by atoms with Crippen LogP contribution >= 0.6 is 0 Å². The van der Waals surface area contributed by atoms with E-state index in [1.807, 2.05) is 13.8 Å². The molecule has 1 unspecified atom stereocenters. The summed E-state index contributed by atoms with van der Waals surface area (Å²) in [5.74, 6) is 0.533. The summed E-state index contributed by atoms with van der Waals surface area (Å²) in [5, 5.41) is 3.08. The molecular weight excluding hydrogens is 192 g/mol. The van der Waals surface area contributed by atoms with Gasteiger partial charge in [0.1, 0.15) is 6.04 Å². The van der Waals surface area contributed by atoms with E-state index in [9.17, 15) is 4.79 Å². The van der Waals surface area contributed by atoms with Crippen LogP contribution in [0.4, 0.5) is 0 Å². The largest absolute Gasteiger partial charge is 0.379 e. The zero-order chi connectivity index (χ0) is 11.3. The van der Waals surface area contributed by atoms with Gasteiger partial charge in [-0.1, -0.05) is 26.7 Å². The first-order valence-electron chi connectivity index (χ1n) is 5.72. The number of nitrogens with two attached hydrogens (primary N) is 1. The van der Waals surface area contributed by atoms with E-state index in [1.54, 1.807) is 0 Å². The second kappa shape index (κ2) is 6.08. The standard InChI is InChI=1S/C11H22N2O2/c1-8(2)13-10(11(12)14)7-15-6-5-9-3-4-9/h8-10,13H,3-7H2,1-2H3,(H2,12,14). The van der Waals surface area contributed by atoms with E-state index in [1.165, 1.54) is 12.8 Å². The Labute approximate surface area is 91.5 Å². The fourth-order valence-electron chi connectivity index (χ4n) is 1.47. The van der Waals surface area contributed by atoms with Crippen LogP contribution in [0.2, 0.25) is 0 Å². The zero-order valence-corrected chi connectivity index (χ0v) is 9.66. The molecule has 0 aliphatic heterocycles. The molecule has 0 bridgehead atoms. The van der Waals surface area contributed by atoms with Crippen molar-refractivity contribution in [3.63, 3.8) is 0 Å². The highest BCUT2D eigenvalue weighted by atomic mass is 16.5. The molecule has 0 aromatic heterocycles.